The minimum Gasteiger partial charge on any atom is -0.362 e. The normalized spacial score (nSPS) is 10.7. The third kappa shape index (κ3) is 5.27. The molecule has 0 unspecified atom stereocenters. The Balaban J connectivity index is 1.75. The first-order valence-electron chi connectivity index (χ1n) is 8.05. The number of benzene rings is 2. The lowest BCUT2D eigenvalue weighted by molar-refractivity contribution is 0.591. The molecule has 0 aromatic heterocycles. The Morgan fingerprint density at radius 1 is 1.04 bits per heavy atom. The van der Waals surface area contributed by atoms with Crippen LogP contribution in [0.5, 0.6) is 0 Å². The molecule has 2 rings (SSSR count). The molecule has 0 radical (unpaired) electrons. The van der Waals surface area contributed by atoms with Crippen LogP contribution in [0, 0.1) is 11.6 Å². The summed E-state index contributed by atoms with van der Waals surface area (Å²) >= 11 is 5.08. The van der Waals surface area contributed by atoms with Crippen molar-refractivity contribution in [3.05, 3.63) is 65.2 Å². The van der Waals surface area contributed by atoms with E-state index in [0.717, 1.165) is 12.8 Å². The van der Waals surface area contributed by atoms with Gasteiger partial charge in [0, 0.05) is 6.54 Å². The van der Waals surface area contributed by atoms with Crippen LogP contribution >= 0.6 is 12.2 Å². The highest BCUT2D eigenvalue weighted by Crippen LogP contribution is 2.18. The van der Waals surface area contributed by atoms with E-state index in [9.17, 15) is 8.78 Å². The van der Waals surface area contributed by atoms with Crippen molar-refractivity contribution in [2.24, 2.45) is 0 Å². The maximum Gasteiger partial charge on any atom is 0.170 e. The van der Waals surface area contributed by atoms with Crippen LogP contribution in [0.1, 0.15) is 37.3 Å². The first-order valence-corrected chi connectivity index (χ1v) is 8.46. The topological polar surface area (TPSA) is 24.1 Å². The molecule has 2 N–H and O–H groups in total. The minimum absolute atomic E-state index is 0.217. The van der Waals surface area contributed by atoms with Crippen LogP contribution in [0.4, 0.5) is 14.5 Å². The lowest BCUT2D eigenvalue weighted by atomic mass is 10.0. The zero-order valence-electron chi connectivity index (χ0n) is 13.9. The number of hydrogen-bond acceptors (Lipinski definition) is 1. The predicted molar refractivity (Wildman–Crippen MR) is 99.4 cm³/mol. The van der Waals surface area contributed by atoms with Gasteiger partial charge < -0.3 is 10.6 Å². The molecule has 0 bridgehead atoms. The Bertz CT molecular complexity index is 664. The molecule has 0 amide bonds. The van der Waals surface area contributed by atoms with Crippen molar-refractivity contribution in [3.63, 3.8) is 0 Å². The Labute approximate surface area is 147 Å². The molecular formula is C19H22F2N2S. The number of para-hydroxylation sites is 1. The summed E-state index contributed by atoms with van der Waals surface area (Å²) in [5, 5.41) is 5.76. The molecule has 0 aliphatic rings. The van der Waals surface area contributed by atoms with E-state index < -0.39 is 11.6 Å². The van der Waals surface area contributed by atoms with Crippen molar-refractivity contribution in [2.45, 2.75) is 32.6 Å². The van der Waals surface area contributed by atoms with E-state index in [4.69, 9.17) is 12.2 Å². The van der Waals surface area contributed by atoms with Crippen molar-refractivity contribution < 1.29 is 8.78 Å². The van der Waals surface area contributed by atoms with E-state index in [1.807, 2.05) is 0 Å². The first-order chi connectivity index (χ1) is 11.5. The van der Waals surface area contributed by atoms with E-state index in [-0.39, 0.29) is 10.8 Å². The SMILES string of the molecule is CC(C)c1ccc(CCCNC(=S)Nc2c(F)cccc2F)cc1. The lowest BCUT2D eigenvalue weighted by Crippen LogP contribution is -2.30. The summed E-state index contributed by atoms with van der Waals surface area (Å²) in [6, 6.07) is 12.3. The van der Waals surface area contributed by atoms with Crippen molar-refractivity contribution in [2.75, 3.05) is 11.9 Å². The molecule has 0 spiro atoms. The number of rotatable bonds is 6. The molecule has 0 fully saturated rings. The van der Waals surface area contributed by atoms with Crippen LogP contribution in [-0.2, 0) is 6.42 Å². The highest BCUT2D eigenvalue weighted by Gasteiger charge is 2.09. The summed E-state index contributed by atoms with van der Waals surface area (Å²) in [5.41, 5.74) is 2.37. The van der Waals surface area contributed by atoms with Gasteiger partial charge in [0.05, 0.1) is 0 Å². The average Bonchev–Trinajstić information content (AvgIpc) is 2.55. The van der Waals surface area contributed by atoms with E-state index in [1.54, 1.807) is 0 Å². The summed E-state index contributed by atoms with van der Waals surface area (Å²) in [7, 11) is 0. The van der Waals surface area contributed by atoms with Gasteiger partial charge in [0.1, 0.15) is 17.3 Å². The van der Waals surface area contributed by atoms with Gasteiger partial charge in [-0.25, -0.2) is 8.78 Å². The Hall–Kier alpha value is -2.01. The van der Waals surface area contributed by atoms with Crippen LogP contribution in [0.2, 0.25) is 0 Å². The number of thiocarbonyl (C=S) groups is 1. The zero-order chi connectivity index (χ0) is 17.5. The number of anilines is 1. The Morgan fingerprint density at radius 2 is 1.67 bits per heavy atom. The van der Waals surface area contributed by atoms with E-state index in [0.29, 0.717) is 12.5 Å². The molecule has 128 valence electrons. The first kappa shape index (κ1) is 18.3. The second kappa shape index (κ2) is 8.73. The minimum atomic E-state index is -0.663. The fourth-order valence-electron chi connectivity index (χ4n) is 2.34. The predicted octanol–water partition coefficient (Wildman–Crippen LogP) is 5.01. The van der Waals surface area contributed by atoms with Gasteiger partial charge in [-0.05, 0) is 54.2 Å². The van der Waals surface area contributed by atoms with Crippen molar-refractivity contribution in [3.8, 4) is 0 Å². The number of aryl methyl sites for hydroxylation is 1. The molecule has 0 aliphatic carbocycles. The van der Waals surface area contributed by atoms with Crippen molar-refractivity contribution in [1.82, 2.24) is 5.32 Å². The number of hydrogen-bond donors (Lipinski definition) is 2. The van der Waals surface area contributed by atoms with Gasteiger partial charge in [0.15, 0.2) is 5.11 Å². The molecule has 0 atom stereocenters. The molecular weight excluding hydrogens is 326 g/mol. The quantitative estimate of drug-likeness (QED) is 0.567. The average molecular weight is 348 g/mol. The maximum atomic E-state index is 13.5. The highest BCUT2D eigenvalue weighted by atomic mass is 32.1. The second-order valence-corrected chi connectivity index (χ2v) is 6.39. The van der Waals surface area contributed by atoms with Gasteiger partial charge in [0.2, 0.25) is 0 Å². The van der Waals surface area contributed by atoms with Gasteiger partial charge in [-0.3, -0.25) is 0 Å². The monoisotopic (exact) mass is 348 g/mol. The van der Waals surface area contributed by atoms with Crippen LogP contribution in [0.25, 0.3) is 0 Å². The molecule has 24 heavy (non-hydrogen) atoms. The Kier molecular flexibility index (Phi) is 6.67. The number of nitrogens with one attached hydrogen (secondary N) is 2. The van der Waals surface area contributed by atoms with Gasteiger partial charge >= 0.3 is 0 Å². The van der Waals surface area contributed by atoms with Crippen LogP contribution in [0.3, 0.4) is 0 Å². The summed E-state index contributed by atoms with van der Waals surface area (Å²) in [4.78, 5) is 0. The van der Waals surface area contributed by atoms with E-state index in [1.165, 1.54) is 29.3 Å². The third-order valence-electron chi connectivity index (χ3n) is 3.78. The standard InChI is InChI=1S/C19H22F2N2S/c1-13(2)15-10-8-14(9-11-15)5-4-12-22-19(24)23-18-16(20)6-3-7-17(18)21/h3,6-11,13H,4-5,12H2,1-2H3,(H2,22,23,24). The Morgan fingerprint density at radius 3 is 2.25 bits per heavy atom. The molecule has 2 aromatic rings. The van der Waals surface area contributed by atoms with E-state index in [2.05, 4.69) is 48.7 Å². The lowest BCUT2D eigenvalue weighted by Gasteiger charge is -2.12. The molecule has 0 aliphatic heterocycles. The summed E-state index contributed by atoms with van der Waals surface area (Å²) in [6.45, 7) is 4.98. The van der Waals surface area contributed by atoms with Gasteiger partial charge in [-0.15, -0.1) is 0 Å². The molecule has 5 heteroatoms. The fourth-order valence-corrected chi connectivity index (χ4v) is 2.54. The zero-order valence-corrected chi connectivity index (χ0v) is 14.7. The smallest absolute Gasteiger partial charge is 0.170 e. The molecule has 0 saturated heterocycles. The van der Waals surface area contributed by atoms with Crippen molar-refractivity contribution >= 4 is 23.0 Å². The number of halogens is 2. The van der Waals surface area contributed by atoms with Crippen LogP contribution in [0.15, 0.2) is 42.5 Å². The van der Waals surface area contributed by atoms with Gasteiger partial charge in [0.25, 0.3) is 0 Å². The largest absolute Gasteiger partial charge is 0.362 e. The summed E-state index contributed by atoms with van der Waals surface area (Å²) in [5.74, 6) is -0.795. The summed E-state index contributed by atoms with van der Waals surface area (Å²) < 4.78 is 27.0. The van der Waals surface area contributed by atoms with Gasteiger partial charge in [-0.2, -0.15) is 0 Å². The van der Waals surface area contributed by atoms with Gasteiger partial charge in [-0.1, -0.05) is 44.2 Å². The van der Waals surface area contributed by atoms with Crippen LogP contribution < -0.4 is 10.6 Å². The second-order valence-electron chi connectivity index (χ2n) is 5.98. The molecule has 0 heterocycles. The highest BCUT2D eigenvalue weighted by molar-refractivity contribution is 7.80. The molecule has 2 nitrogen and oxygen atoms in total. The third-order valence-corrected chi connectivity index (χ3v) is 4.02. The van der Waals surface area contributed by atoms with Crippen molar-refractivity contribution in [1.29, 1.82) is 0 Å². The van der Waals surface area contributed by atoms with E-state index >= 15 is 0 Å². The van der Waals surface area contributed by atoms with Crippen LogP contribution in [-0.4, -0.2) is 11.7 Å². The molecule has 0 saturated carbocycles. The molecule has 2 aromatic carbocycles. The fraction of sp³-hybridized carbons (Fsp3) is 0.316. The maximum absolute atomic E-state index is 13.5. The summed E-state index contributed by atoms with van der Waals surface area (Å²) in [6.07, 6.45) is 1.80.